The molecule has 5 heteroatoms. The van der Waals surface area contributed by atoms with Crippen LogP contribution in [0, 0.1) is 29.4 Å². The largest absolute Gasteiger partial charge is 0.493 e. The number of hydrogen-bond donors (Lipinski definition) is 0. The van der Waals surface area contributed by atoms with Gasteiger partial charge in [0, 0.05) is 0 Å². The SMILES string of the molecule is CCCc1ccc(C2CCC3CC(COc4ccc(COc5ccc(OCC)c(F)c5F)cc4)CCC3C2)cc1. The number of rotatable bonds is 11. The molecular weight excluding hydrogens is 506 g/mol. The first kappa shape index (κ1) is 28.4. The van der Waals surface area contributed by atoms with E-state index in [1.165, 1.54) is 74.6 Å². The van der Waals surface area contributed by atoms with Gasteiger partial charge in [0.05, 0.1) is 13.2 Å². The maximum atomic E-state index is 14.3. The molecule has 3 aromatic carbocycles. The summed E-state index contributed by atoms with van der Waals surface area (Å²) in [7, 11) is 0. The lowest BCUT2D eigenvalue weighted by molar-refractivity contribution is 0.0916. The van der Waals surface area contributed by atoms with E-state index in [1.54, 1.807) is 6.92 Å². The van der Waals surface area contributed by atoms with Crippen molar-refractivity contribution in [3.63, 3.8) is 0 Å². The van der Waals surface area contributed by atoms with Gasteiger partial charge in [-0.3, -0.25) is 0 Å². The zero-order valence-corrected chi connectivity index (χ0v) is 23.8. The van der Waals surface area contributed by atoms with E-state index in [9.17, 15) is 8.78 Å². The Balaban J connectivity index is 1.06. The zero-order chi connectivity index (χ0) is 27.9. The molecule has 0 spiro atoms. The van der Waals surface area contributed by atoms with Crippen LogP contribution in [0.5, 0.6) is 17.2 Å². The van der Waals surface area contributed by atoms with Crippen molar-refractivity contribution >= 4 is 0 Å². The highest BCUT2D eigenvalue weighted by molar-refractivity contribution is 5.35. The third-order valence-electron chi connectivity index (χ3n) is 8.83. The molecule has 0 aromatic heterocycles. The van der Waals surface area contributed by atoms with Gasteiger partial charge in [0.25, 0.3) is 0 Å². The second kappa shape index (κ2) is 13.5. The van der Waals surface area contributed by atoms with Gasteiger partial charge < -0.3 is 14.2 Å². The number of hydrogen-bond acceptors (Lipinski definition) is 3. The minimum Gasteiger partial charge on any atom is -0.493 e. The van der Waals surface area contributed by atoms with Gasteiger partial charge in [-0.05, 0) is 116 Å². The highest BCUT2D eigenvalue weighted by Crippen LogP contribution is 2.47. The molecular formula is C35H42F2O3. The molecule has 0 saturated heterocycles. The Morgan fingerprint density at radius 2 is 1.32 bits per heavy atom. The Labute approximate surface area is 237 Å². The number of benzene rings is 3. The van der Waals surface area contributed by atoms with Crippen molar-refractivity contribution in [2.75, 3.05) is 13.2 Å². The monoisotopic (exact) mass is 548 g/mol. The van der Waals surface area contributed by atoms with E-state index in [0.717, 1.165) is 35.7 Å². The summed E-state index contributed by atoms with van der Waals surface area (Å²) < 4.78 is 45.1. The zero-order valence-electron chi connectivity index (χ0n) is 23.8. The average Bonchev–Trinajstić information content (AvgIpc) is 2.99. The second-order valence-corrected chi connectivity index (χ2v) is 11.6. The van der Waals surface area contributed by atoms with Crippen molar-refractivity contribution in [3.8, 4) is 17.2 Å². The molecule has 3 aromatic rings. The molecule has 40 heavy (non-hydrogen) atoms. The van der Waals surface area contributed by atoms with Gasteiger partial charge >= 0.3 is 0 Å². The molecule has 3 nitrogen and oxygen atoms in total. The lowest BCUT2D eigenvalue weighted by Crippen LogP contribution is -2.32. The van der Waals surface area contributed by atoms with Crippen LogP contribution >= 0.6 is 0 Å². The van der Waals surface area contributed by atoms with Crippen molar-refractivity contribution in [2.45, 2.75) is 77.7 Å². The molecule has 214 valence electrons. The molecule has 2 aliphatic rings. The van der Waals surface area contributed by atoms with E-state index >= 15 is 0 Å². The predicted molar refractivity (Wildman–Crippen MR) is 155 cm³/mol. The second-order valence-electron chi connectivity index (χ2n) is 11.6. The summed E-state index contributed by atoms with van der Waals surface area (Å²) in [6.07, 6.45) is 10.2. The van der Waals surface area contributed by atoms with Gasteiger partial charge in [-0.15, -0.1) is 0 Å². The van der Waals surface area contributed by atoms with Crippen molar-refractivity contribution in [3.05, 3.63) is 89.0 Å². The molecule has 2 aliphatic carbocycles. The summed E-state index contributed by atoms with van der Waals surface area (Å²) in [6.45, 7) is 5.11. The topological polar surface area (TPSA) is 27.7 Å². The first-order valence-electron chi connectivity index (χ1n) is 15.1. The summed E-state index contributed by atoms with van der Waals surface area (Å²) in [5.74, 6) is 1.53. The fourth-order valence-corrected chi connectivity index (χ4v) is 6.64. The summed E-state index contributed by atoms with van der Waals surface area (Å²) in [5.41, 5.74) is 3.85. The average molecular weight is 549 g/mol. The third-order valence-corrected chi connectivity index (χ3v) is 8.83. The molecule has 0 N–H and O–H groups in total. The Morgan fingerprint density at radius 3 is 2.02 bits per heavy atom. The molecule has 4 atom stereocenters. The van der Waals surface area contributed by atoms with Gasteiger partial charge in [-0.25, -0.2) is 0 Å². The normalized spacial score (nSPS) is 22.4. The van der Waals surface area contributed by atoms with Crippen LogP contribution in [0.25, 0.3) is 0 Å². The van der Waals surface area contributed by atoms with Gasteiger partial charge in [0.2, 0.25) is 11.6 Å². The van der Waals surface area contributed by atoms with Crippen molar-refractivity contribution in [2.24, 2.45) is 17.8 Å². The van der Waals surface area contributed by atoms with Crippen LogP contribution in [0.3, 0.4) is 0 Å². The van der Waals surface area contributed by atoms with E-state index in [1.807, 2.05) is 24.3 Å². The minimum atomic E-state index is -1.03. The molecule has 2 fully saturated rings. The van der Waals surface area contributed by atoms with E-state index in [0.29, 0.717) is 5.92 Å². The van der Waals surface area contributed by atoms with Crippen LogP contribution in [0.4, 0.5) is 8.78 Å². The molecule has 5 rings (SSSR count). The van der Waals surface area contributed by atoms with Crippen LogP contribution in [0.15, 0.2) is 60.7 Å². The highest BCUT2D eigenvalue weighted by Gasteiger charge is 2.36. The minimum absolute atomic E-state index is 0.108. The highest BCUT2D eigenvalue weighted by atomic mass is 19.2. The first-order valence-corrected chi connectivity index (χ1v) is 15.1. The molecule has 2 saturated carbocycles. The van der Waals surface area contributed by atoms with Crippen LogP contribution in [0.2, 0.25) is 0 Å². The van der Waals surface area contributed by atoms with Crippen molar-refractivity contribution in [1.82, 2.24) is 0 Å². The number of fused-ring (bicyclic) bond motifs is 1. The molecule has 4 unspecified atom stereocenters. The Morgan fingerprint density at radius 1 is 0.675 bits per heavy atom. The molecule has 0 aliphatic heterocycles. The third kappa shape index (κ3) is 6.97. The van der Waals surface area contributed by atoms with Crippen LogP contribution < -0.4 is 14.2 Å². The van der Waals surface area contributed by atoms with E-state index in [-0.39, 0.29) is 24.7 Å². The molecule has 0 radical (unpaired) electrons. The molecule has 0 heterocycles. The smallest absolute Gasteiger partial charge is 0.204 e. The summed E-state index contributed by atoms with van der Waals surface area (Å²) in [5, 5.41) is 0. The lowest BCUT2D eigenvalue weighted by Gasteiger charge is -2.42. The molecule has 0 amide bonds. The first-order chi connectivity index (χ1) is 19.5. The lowest BCUT2D eigenvalue weighted by atomic mass is 9.64. The fraction of sp³-hybridized carbons (Fsp3) is 0.486. The summed E-state index contributed by atoms with van der Waals surface area (Å²) in [6, 6.07) is 19.9. The van der Waals surface area contributed by atoms with Gasteiger partial charge in [0.1, 0.15) is 12.4 Å². The van der Waals surface area contributed by atoms with Gasteiger partial charge in [-0.2, -0.15) is 8.78 Å². The van der Waals surface area contributed by atoms with E-state index < -0.39 is 11.6 Å². The summed E-state index contributed by atoms with van der Waals surface area (Å²) >= 11 is 0. The van der Waals surface area contributed by atoms with Crippen LogP contribution in [-0.2, 0) is 13.0 Å². The van der Waals surface area contributed by atoms with Gasteiger partial charge in [0.15, 0.2) is 11.5 Å². The van der Waals surface area contributed by atoms with Crippen molar-refractivity contribution in [1.29, 1.82) is 0 Å². The number of halogens is 2. The van der Waals surface area contributed by atoms with E-state index in [4.69, 9.17) is 14.2 Å². The summed E-state index contributed by atoms with van der Waals surface area (Å²) in [4.78, 5) is 0. The quantitative estimate of drug-likeness (QED) is 0.239. The van der Waals surface area contributed by atoms with E-state index in [2.05, 4.69) is 31.2 Å². The van der Waals surface area contributed by atoms with Crippen LogP contribution in [0.1, 0.15) is 81.4 Å². The maximum absolute atomic E-state index is 14.3. The van der Waals surface area contributed by atoms with Crippen molar-refractivity contribution < 1.29 is 23.0 Å². The number of aryl methyl sites for hydroxylation is 1. The fourth-order valence-electron chi connectivity index (χ4n) is 6.64. The Hall–Kier alpha value is -3.08. The Bertz CT molecular complexity index is 1220. The van der Waals surface area contributed by atoms with Crippen LogP contribution in [-0.4, -0.2) is 13.2 Å². The Kier molecular flexibility index (Phi) is 9.62. The van der Waals surface area contributed by atoms with Gasteiger partial charge in [-0.1, -0.05) is 49.7 Å². The molecule has 0 bridgehead atoms. The maximum Gasteiger partial charge on any atom is 0.204 e. The standard InChI is InChI=1S/C35H42F2O3/c1-3-5-24-6-11-27(12-7-24)29-15-14-28-20-26(8-13-30(28)21-29)23-39-31-16-9-25(10-17-31)22-40-33-19-18-32(38-4-2)34(36)35(33)37/h6-7,9-12,16-19,26,28-30H,3-5,8,13-15,20-23H2,1-2H3. The predicted octanol–water partition coefficient (Wildman–Crippen LogP) is 9.27. The number of ether oxygens (including phenoxy) is 3.